The quantitative estimate of drug-likeness (QED) is 0.818. The fourth-order valence-corrected chi connectivity index (χ4v) is 2.22. The van der Waals surface area contributed by atoms with Crippen molar-refractivity contribution in [2.45, 2.75) is 6.18 Å². The number of sulfonamides is 1. The van der Waals surface area contributed by atoms with Gasteiger partial charge in [-0.05, 0) is 18.2 Å². The second-order valence-corrected chi connectivity index (χ2v) is 5.54. The van der Waals surface area contributed by atoms with Gasteiger partial charge < -0.3 is 5.11 Å². The maximum absolute atomic E-state index is 12.6. The van der Waals surface area contributed by atoms with Crippen molar-refractivity contribution in [3.05, 3.63) is 42.0 Å². The van der Waals surface area contributed by atoms with Gasteiger partial charge in [0.05, 0.1) is 16.9 Å². The molecule has 0 atom stereocenters. The van der Waals surface area contributed by atoms with Crippen molar-refractivity contribution >= 4 is 21.7 Å². The molecule has 1 aromatic rings. The van der Waals surface area contributed by atoms with E-state index in [1.807, 2.05) is 4.72 Å². The summed E-state index contributed by atoms with van der Waals surface area (Å²) < 4.78 is 62.5. The van der Waals surface area contributed by atoms with Crippen LogP contribution in [0.5, 0.6) is 0 Å². The summed E-state index contributed by atoms with van der Waals surface area (Å²) >= 11 is 0. The molecule has 0 spiro atoms. The van der Waals surface area contributed by atoms with E-state index in [0.717, 1.165) is 12.1 Å². The third-order valence-electron chi connectivity index (χ3n) is 2.12. The van der Waals surface area contributed by atoms with Gasteiger partial charge in [-0.15, -0.1) is 6.58 Å². The van der Waals surface area contributed by atoms with Crippen LogP contribution in [0.15, 0.2) is 30.9 Å². The number of hydrogen-bond donors (Lipinski definition) is 2. The molecule has 2 N–H and O–H groups in total. The van der Waals surface area contributed by atoms with E-state index in [4.69, 9.17) is 5.11 Å². The number of benzene rings is 1. The Morgan fingerprint density at radius 3 is 2.40 bits per heavy atom. The van der Waals surface area contributed by atoms with Crippen LogP contribution in [0.25, 0.3) is 0 Å². The SMILES string of the molecule is C=CCS(=O)(=O)Nc1cc(C(=O)O)cc(C(F)(F)F)c1. The Morgan fingerprint density at radius 1 is 1.35 bits per heavy atom. The van der Waals surface area contributed by atoms with E-state index in [1.54, 1.807) is 0 Å². The molecule has 9 heteroatoms. The molecule has 0 unspecified atom stereocenters. The van der Waals surface area contributed by atoms with E-state index >= 15 is 0 Å². The average Bonchev–Trinajstić information content (AvgIpc) is 2.26. The summed E-state index contributed by atoms with van der Waals surface area (Å²) in [5.41, 5.74) is -2.40. The first-order valence-corrected chi connectivity index (χ1v) is 6.77. The molecule has 0 aliphatic heterocycles. The van der Waals surface area contributed by atoms with Gasteiger partial charge in [0.2, 0.25) is 10.0 Å². The van der Waals surface area contributed by atoms with E-state index in [-0.39, 0.29) is 0 Å². The highest BCUT2D eigenvalue weighted by atomic mass is 32.2. The zero-order chi connectivity index (χ0) is 15.6. The van der Waals surface area contributed by atoms with Crippen molar-refractivity contribution in [3.63, 3.8) is 0 Å². The molecule has 1 aromatic carbocycles. The molecule has 0 amide bonds. The summed E-state index contributed by atoms with van der Waals surface area (Å²) in [5, 5.41) is 8.74. The van der Waals surface area contributed by atoms with Crippen molar-refractivity contribution in [2.24, 2.45) is 0 Å². The van der Waals surface area contributed by atoms with Crippen LogP contribution in [-0.4, -0.2) is 25.2 Å². The molecule has 0 heterocycles. The Labute approximate surface area is 112 Å². The Hall–Kier alpha value is -2.03. The van der Waals surface area contributed by atoms with Crippen LogP contribution in [0.1, 0.15) is 15.9 Å². The van der Waals surface area contributed by atoms with Gasteiger partial charge in [-0.1, -0.05) is 6.08 Å². The number of carbonyl (C=O) groups is 1. The Kier molecular flexibility index (Phi) is 4.43. The van der Waals surface area contributed by atoms with E-state index in [1.165, 1.54) is 0 Å². The lowest BCUT2D eigenvalue weighted by molar-refractivity contribution is -0.137. The van der Waals surface area contributed by atoms with Crippen LogP contribution in [0.4, 0.5) is 18.9 Å². The Balaban J connectivity index is 3.30. The van der Waals surface area contributed by atoms with Crippen molar-refractivity contribution in [2.75, 3.05) is 10.5 Å². The van der Waals surface area contributed by atoms with Gasteiger partial charge in [0.15, 0.2) is 0 Å². The minimum atomic E-state index is -4.79. The van der Waals surface area contributed by atoms with E-state index in [9.17, 15) is 26.4 Å². The van der Waals surface area contributed by atoms with Gasteiger partial charge in [0.25, 0.3) is 0 Å². The van der Waals surface area contributed by atoms with Gasteiger partial charge in [0, 0.05) is 5.69 Å². The molecular weight excluding hydrogens is 299 g/mol. The average molecular weight is 309 g/mol. The first-order chi connectivity index (χ1) is 9.05. The van der Waals surface area contributed by atoms with Gasteiger partial charge in [-0.25, -0.2) is 13.2 Å². The van der Waals surface area contributed by atoms with E-state index in [2.05, 4.69) is 6.58 Å². The number of hydrogen-bond acceptors (Lipinski definition) is 3. The highest BCUT2D eigenvalue weighted by Crippen LogP contribution is 2.32. The monoisotopic (exact) mass is 309 g/mol. The summed E-state index contributed by atoms with van der Waals surface area (Å²) in [5.74, 6) is -2.11. The van der Waals surface area contributed by atoms with Crippen molar-refractivity contribution < 1.29 is 31.5 Å². The maximum atomic E-state index is 12.6. The molecule has 0 aliphatic carbocycles. The minimum Gasteiger partial charge on any atom is -0.478 e. The van der Waals surface area contributed by atoms with Crippen LogP contribution in [0.3, 0.4) is 0 Å². The third kappa shape index (κ3) is 4.26. The number of nitrogens with one attached hydrogen (secondary N) is 1. The summed E-state index contributed by atoms with van der Waals surface area (Å²) in [6.07, 6.45) is -3.74. The van der Waals surface area contributed by atoms with Gasteiger partial charge in [0.1, 0.15) is 0 Å². The highest BCUT2D eigenvalue weighted by molar-refractivity contribution is 7.92. The Bertz CT molecular complexity index is 638. The molecule has 0 aromatic heterocycles. The van der Waals surface area contributed by atoms with Crippen molar-refractivity contribution in [1.29, 1.82) is 0 Å². The fraction of sp³-hybridized carbons (Fsp3) is 0.182. The number of anilines is 1. The number of carboxylic acids is 1. The van der Waals surface area contributed by atoms with Crippen LogP contribution < -0.4 is 4.72 Å². The number of rotatable bonds is 5. The normalized spacial score (nSPS) is 11.9. The second kappa shape index (κ2) is 5.53. The van der Waals surface area contributed by atoms with Crippen LogP contribution in [0, 0.1) is 0 Å². The van der Waals surface area contributed by atoms with Gasteiger partial charge >= 0.3 is 12.1 Å². The minimum absolute atomic E-state index is 0.424. The molecule has 5 nitrogen and oxygen atoms in total. The zero-order valence-electron chi connectivity index (χ0n) is 9.94. The number of carboxylic acid groups (broad SMARTS) is 1. The van der Waals surface area contributed by atoms with Gasteiger partial charge in [-0.3, -0.25) is 4.72 Å². The maximum Gasteiger partial charge on any atom is 0.416 e. The van der Waals surface area contributed by atoms with E-state index in [0.29, 0.717) is 12.1 Å². The zero-order valence-corrected chi connectivity index (χ0v) is 10.8. The predicted molar refractivity (Wildman–Crippen MR) is 66.0 cm³/mol. The summed E-state index contributed by atoms with van der Waals surface area (Å²) in [7, 11) is -3.92. The third-order valence-corrected chi connectivity index (χ3v) is 3.34. The lowest BCUT2D eigenvalue weighted by Crippen LogP contribution is -2.17. The molecule has 0 radical (unpaired) electrons. The molecule has 0 fully saturated rings. The molecule has 0 saturated heterocycles. The molecule has 0 bridgehead atoms. The summed E-state index contributed by atoms with van der Waals surface area (Å²) in [6.45, 7) is 3.20. The smallest absolute Gasteiger partial charge is 0.416 e. The van der Waals surface area contributed by atoms with E-state index < -0.39 is 44.7 Å². The predicted octanol–water partition coefficient (Wildman–Crippen LogP) is 2.33. The lowest BCUT2D eigenvalue weighted by atomic mass is 10.1. The van der Waals surface area contributed by atoms with Crippen LogP contribution in [-0.2, 0) is 16.2 Å². The number of halogens is 3. The molecule has 0 saturated carbocycles. The molecule has 1 rings (SSSR count). The van der Waals surface area contributed by atoms with Crippen LogP contribution >= 0.6 is 0 Å². The first kappa shape index (κ1) is 16.0. The largest absolute Gasteiger partial charge is 0.478 e. The number of alkyl halides is 3. The summed E-state index contributed by atoms with van der Waals surface area (Å²) in [6, 6.07) is 1.75. The summed E-state index contributed by atoms with van der Waals surface area (Å²) in [4.78, 5) is 10.8. The van der Waals surface area contributed by atoms with Crippen molar-refractivity contribution in [3.8, 4) is 0 Å². The van der Waals surface area contributed by atoms with Gasteiger partial charge in [-0.2, -0.15) is 13.2 Å². The molecular formula is C11H10F3NO4S. The number of aromatic carboxylic acids is 1. The molecule has 20 heavy (non-hydrogen) atoms. The van der Waals surface area contributed by atoms with Crippen LogP contribution in [0.2, 0.25) is 0 Å². The topological polar surface area (TPSA) is 83.5 Å². The second-order valence-electron chi connectivity index (χ2n) is 3.77. The fourth-order valence-electron chi connectivity index (χ4n) is 1.35. The first-order valence-electron chi connectivity index (χ1n) is 5.12. The Morgan fingerprint density at radius 2 is 1.95 bits per heavy atom. The highest BCUT2D eigenvalue weighted by Gasteiger charge is 2.32. The standard InChI is InChI=1S/C11H10F3NO4S/c1-2-3-20(18,19)15-9-5-7(10(16)17)4-8(6-9)11(12,13)14/h2,4-6,15H,1,3H2,(H,16,17). The molecule has 110 valence electrons. The van der Waals surface area contributed by atoms with Crippen molar-refractivity contribution in [1.82, 2.24) is 0 Å². The molecule has 0 aliphatic rings. The lowest BCUT2D eigenvalue weighted by Gasteiger charge is -2.12.